The van der Waals surface area contributed by atoms with Gasteiger partial charge in [0.15, 0.2) is 0 Å². The zero-order valence-electron chi connectivity index (χ0n) is 14.0. The Kier molecular flexibility index (Phi) is 5.39. The van der Waals surface area contributed by atoms with Crippen LogP contribution in [0.15, 0.2) is 60.3 Å². The van der Waals surface area contributed by atoms with Gasteiger partial charge in [-0.1, -0.05) is 35.9 Å². The lowest BCUT2D eigenvalue weighted by atomic mass is 10.0. The third-order valence-electron chi connectivity index (χ3n) is 4.38. The minimum absolute atomic E-state index is 0.0871. The molecule has 1 amide bonds. The molecular weight excluding hydrogens is 339 g/mol. The summed E-state index contributed by atoms with van der Waals surface area (Å²) in [4.78, 5) is 14.6. The van der Waals surface area contributed by atoms with E-state index in [1.807, 2.05) is 48.2 Å². The molecule has 1 N–H and O–H groups in total. The number of nitrogens with one attached hydrogen (secondary N) is 1. The standard InChI is InChI=1S/C20H20ClFN2O/c1-2-19(23-13-14-10-15(21)12-16(22)11-14)18-8-9-24(20(18)25)17-6-4-3-5-7-17/h2-7,10-12,18,23H,8-9,13H2,1H3/b19-2+. The van der Waals surface area contributed by atoms with Crippen LogP contribution in [0.2, 0.25) is 5.02 Å². The van der Waals surface area contributed by atoms with E-state index >= 15 is 0 Å². The molecule has 3 rings (SSSR count). The molecule has 2 aromatic carbocycles. The first kappa shape index (κ1) is 17.5. The summed E-state index contributed by atoms with van der Waals surface area (Å²) in [7, 11) is 0. The van der Waals surface area contributed by atoms with Gasteiger partial charge in [-0.2, -0.15) is 0 Å². The maximum atomic E-state index is 13.4. The van der Waals surface area contributed by atoms with Crippen LogP contribution in [0, 0.1) is 11.7 Å². The van der Waals surface area contributed by atoms with Gasteiger partial charge in [-0.05, 0) is 49.2 Å². The molecule has 0 saturated carbocycles. The summed E-state index contributed by atoms with van der Waals surface area (Å²) >= 11 is 5.89. The van der Waals surface area contributed by atoms with Gasteiger partial charge in [0, 0.05) is 29.5 Å². The van der Waals surface area contributed by atoms with Crippen molar-refractivity contribution in [2.45, 2.75) is 19.9 Å². The minimum Gasteiger partial charge on any atom is -0.384 e. The first-order chi connectivity index (χ1) is 12.1. The molecule has 1 saturated heterocycles. The second-order valence-electron chi connectivity index (χ2n) is 6.04. The molecule has 0 bridgehead atoms. The Morgan fingerprint density at radius 1 is 1.32 bits per heavy atom. The fraction of sp³-hybridized carbons (Fsp3) is 0.250. The van der Waals surface area contributed by atoms with E-state index in [1.165, 1.54) is 12.1 Å². The fourth-order valence-electron chi connectivity index (χ4n) is 3.18. The van der Waals surface area contributed by atoms with Crippen molar-refractivity contribution in [2.24, 2.45) is 5.92 Å². The van der Waals surface area contributed by atoms with Crippen LogP contribution in [0.25, 0.3) is 0 Å². The van der Waals surface area contributed by atoms with Gasteiger partial charge >= 0.3 is 0 Å². The Balaban J connectivity index is 1.68. The van der Waals surface area contributed by atoms with Gasteiger partial charge in [0.2, 0.25) is 5.91 Å². The van der Waals surface area contributed by atoms with Gasteiger partial charge in [0.1, 0.15) is 5.82 Å². The minimum atomic E-state index is -0.362. The zero-order valence-corrected chi connectivity index (χ0v) is 14.8. The normalized spacial score (nSPS) is 17.9. The average Bonchev–Trinajstić information content (AvgIpc) is 2.97. The SMILES string of the molecule is C/C=C(/NCc1cc(F)cc(Cl)c1)C1CCN(c2ccccc2)C1=O. The summed E-state index contributed by atoms with van der Waals surface area (Å²) < 4.78 is 13.4. The summed E-state index contributed by atoms with van der Waals surface area (Å²) in [6.07, 6.45) is 2.67. The van der Waals surface area contributed by atoms with Gasteiger partial charge < -0.3 is 10.2 Å². The van der Waals surface area contributed by atoms with Crippen LogP contribution in [0.5, 0.6) is 0 Å². The monoisotopic (exact) mass is 358 g/mol. The number of nitrogens with zero attached hydrogens (tertiary/aromatic N) is 1. The summed E-state index contributed by atoms with van der Waals surface area (Å²) in [5, 5.41) is 3.64. The molecule has 0 aromatic heterocycles. The smallest absolute Gasteiger partial charge is 0.236 e. The highest BCUT2D eigenvalue weighted by molar-refractivity contribution is 6.30. The van der Waals surface area contributed by atoms with Gasteiger partial charge in [-0.3, -0.25) is 4.79 Å². The van der Waals surface area contributed by atoms with Gasteiger partial charge in [-0.15, -0.1) is 0 Å². The topological polar surface area (TPSA) is 32.3 Å². The predicted molar refractivity (Wildman–Crippen MR) is 98.9 cm³/mol. The van der Waals surface area contributed by atoms with Crippen molar-refractivity contribution in [3.8, 4) is 0 Å². The molecule has 1 fully saturated rings. The first-order valence-corrected chi connectivity index (χ1v) is 8.67. The molecule has 2 aromatic rings. The number of anilines is 1. The van der Waals surface area contributed by atoms with Crippen molar-refractivity contribution in [3.05, 3.63) is 76.7 Å². The lowest BCUT2D eigenvalue weighted by molar-refractivity contribution is -0.119. The van der Waals surface area contributed by atoms with Crippen LogP contribution in [0.1, 0.15) is 18.9 Å². The molecule has 1 atom stereocenters. The second-order valence-corrected chi connectivity index (χ2v) is 6.48. The van der Waals surface area contributed by atoms with Crippen LogP contribution in [-0.4, -0.2) is 12.5 Å². The van der Waals surface area contributed by atoms with E-state index in [1.54, 1.807) is 6.07 Å². The molecule has 1 aliphatic heterocycles. The van der Waals surface area contributed by atoms with E-state index in [0.717, 1.165) is 23.4 Å². The van der Waals surface area contributed by atoms with Crippen LogP contribution in [0.3, 0.4) is 0 Å². The third kappa shape index (κ3) is 4.02. The Bertz CT molecular complexity index is 771. The van der Waals surface area contributed by atoms with E-state index in [4.69, 9.17) is 11.6 Å². The van der Waals surface area contributed by atoms with Crippen LogP contribution in [-0.2, 0) is 11.3 Å². The third-order valence-corrected chi connectivity index (χ3v) is 4.60. The van der Waals surface area contributed by atoms with Crippen molar-refractivity contribution >= 4 is 23.2 Å². The largest absolute Gasteiger partial charge is 0.384 e. The van der Waals surface area contributed by atoms with E-state index < -0.39 is 0 Å². The maximum Gasteiger partial charge on any atom is 0.236 e. The molecule has 1 heterocycles. The molecular formula is C20H20ClFN2O. The number of benzene rings is 2. The number of hydrogen-bond acceptors (Lipinski definition) is 2. The zero-order chi connectivity index (χ0) is 17.8. The highest BCUT2D eigenvalue weighted by Gasteiger charge is 2.34. The second kappa shape index (κ2) is 7.70. The lowest BCUT2D eigenvalue weighted by Crippen LogP contribution is -2.30. The quantitative estimate of drug-likeness (QED) is 0.851. The van der Waals surface area contributed by atoms with Gasteiger partial charge in [0.05, 0.1) is 5.92 Å². The van der Waals surface area contributed by atoms with Crippen molar-refractivity contribution in [3.63, 3.8) is 0 Å². The van der Waals surface area contributed by atoms with Crippen LogP contribution in [0.4, 0.5) is 10.1 Å². The molecule has 1 aliphatic rings. The van der Waals surface area contributed by atoms with E-state index in [-0.39, 0.29) is 17.6 Å². The average molecular weight is 359 g/mol. The molecule has 3 nitrogen and oxygen atoms in total. The van der Waals surface area contributed by atoms with Crippen molar-refractivity contribution in [1.82, 2.24) is 5.32 Å². The molecule has 1 unspecified atom stereocenters. The van der Waals surface area contributed by atoms with E-state index in [9.17, 15) is 9.18 Å². The van der Waals surface area contributed by atoms with Gasteiger partial charge in [0.25, 0.3) is 0 Å². The number of amides is 1. The maximum absolute atomic E-state index is 13.4. The van der Waals surface area contributed by atoms with E-state index in [2.05, 4.69) is 5.32 Å². The predicted octanol–water partition coefficient (Wildman–Crippen LogP) is 4.53. The molecule has 0 spiro atoms. The molecule has 0 aliphatic carbocycles. The molecule has 0 radical (unpaired) electrons. The highest BCUT2D eigenvalue weighted by atomic mass is 35.5. The Morgan fingerprint density at radius 2 is 2.08 bits per heavy atom. The number of hydrogen-bond donors (Lipinski definition) is 1. The number of para-hydroxylation sites is 1. The summed E-state index contributed by atoms with van der Waals surface area (Å²) in [5.74, 6) is -0.475. The number of halogens is 2. The van der Waals surface area contributed by atoms with Crippen molar-refractivity contribution in [1.29, 1.82) is 0 Å². The van der Waals surface area contributed by atoms with Crippen molar-refractivity contribution in [2.75, 3.05) is 11.4 Å². The summed E-state index contributed by atoms with van der Waals surface area (Å²) in [6, 6.07) is 14.1. The summed E-state index contributed by atoms with van der Waals surface area (Å²) in [5.41, 5.74) is 2.53. The first-order valence-electron chi connectivity index (χ1n) is 8.30. The number of rotatable bonds is 5. The lowest BCUT2D eigenvalue weighted by Gasteiger charge is -2.19. The number of carbonyl (C=O) groups is 1. The number of carbonyl (C=O) groups excluding carboxylic acids is 1. The van der Waals surface area contributed by atoms with Crippen molar-refractivity contribution < 1.29 is 9.18 Å². The van der Waals surface area contributed by atoms with Gasteiger partial charge in [-0.25, -0.2) is 4.39 Å². The van der Waals surface area contributed by atoms with Crippen LogP contribution < -0.4 is 10.2 Å². The highest BCUT2D eigenvalue weighted by Crippen LogP contribution is 2.29. The van der Waals surface area contributed by atoms with Crippen LogP contribution >= 0.6 is 11.6 Å². The van der Waals surface area contributed by atoms with E-state index in [0.29, 0.717) is 18.1 Å². The molecule has 25 heavy (non-hydrogen) atoms. The fourth-order valence-corrected chi connectivity index (χ4v) is 3.42. The molecule has 130 valence electrons. The molecule has 5 heteroatoms. The number of allylic oxidation sites excluding steroid dienone is 1. The Hall–Kier alpha value is -2.33. The Morgan fingerprint density at radius 3 is 2.76 bits per heavy atom. The summed E-state index contributed by atoms with van der Waals surface area (Å²) in [6.45, 7) is 3.02. The Labute approximate surface area is 152 Å².